The predicted molar refractivity (Wildman–Crippen MR) is 176 cm³/mol. The lowest BCUT2D eigenvalue weighted by atomic mass is 9.91. The quantitative estimate of drug-likeness (QED) is 0.167. The number of H-pyrrole nitrogens is 1. The van der Waals surface area contributed by atoms with Crippen molar-refractivity contribution in [2.45, 2.75) is 46.5 Å². The van der Waals surface area contributed by atoms with Crippen molar-refractivity contribution >= 4 is 39.4 Å². The molecule has 0 spiro atoms. The van der Waals surface area contributed by atoms with Gasteiger partial charge in [0.25, 0.3) is 0 Å². The second-order valence-electron chi connectivity index (χ2n) is 11.1. The van der Waals surface area contributed by atoms with Gasteiger partial charge in [0, 0.05) is 34.5 Å². The van der Waals surface area contributed by atoms with Crippen molar-refractivity contribution in [3.05, 3.63) is 120 Å². The smallest absolute Gasteiger partial charge is 0.157 e. The first kappa shape index (κ1) is 27.2. The Kier molecular flexibility index (Phi) is 7.69. The van der Waals surface area contributed by atoms with Gasteiger partial charge in [-0.1, -0.05) is 30.4 Å². The number of aromatic amines is 1. The van der Waals surface area contributed by atoms with E-state index >= 15 is 0 Å². The van der Waals surface area contributed by atoms with Crippen LogP contribution in [-0.4, -0.2) is 19.9 Å². The van der Waals surface area contributed by atoms with Crippen LogP contribution in [0.5, 0.6) is 0 Å². The van der Waals surface area contributed by atoms with Crippen molar-refractivity contribution in [2.75, 3.05) is 10.6 Å². The maximum Gasteiger partial charge on any atom is 0.157 e. The molecule has 6 nitrogen and oxygen atoms in total. The Balaban J connectivity index is 1.23. The fourth-order valence-electron chi connectivity index (χ4n) is 5.40. The molecule has 0 bridgehead atoms. The van der Waals surface area contributed by atoms with Gasteiger partial charge in [0.05, 0.1) is 22.9 Å². The molecule has 1 aliphatic rings. The number of hydrogen-bond donors (Lipinski definition) is 3. The molecule has 0 amide bonds. The van der Waals surface area contributed by atoms with E-state index in [1.54, 1.807) is 6.20 Å². The van der Waals surface area contributed by atoms with E-state index in [9.17, 15) is 0 Å². The number of pyridine rings is 2. The third-order valence-electron chi connectivity index (χ3n) is 7.53. The van der Waals surface area contributed by atoms with Gasteiger partial charge in [0.1, 0.15) is 5.69 Å². The number of rotatable bonds is 8. The average molecular weight is 553 g/mol. The monoisotopic (exact) mass is 552 g/mol. The maximum atomic E-state index is 4.78. The summed E-state index contributed by atoms with van der Waals surface area (Å²) < 4.78 is 0. The van der Waals surface area contributed by atoms with Crippen molar-refractivity contribution in [1.29, 1.82) is 0 Å². The molecule has 3 aromatic heterocycles. The molecule has 3 heterocycles. The topological polar surface area (TPSA) is 78.5 Å². The van der Waals surface area contributed by atoms with Gasteiger partial charge in [-0.25, -0.2) is 4.98 Å². The first-order valence-electron chi connectivity index (χ1n) is 14.5. The minimum Gasteiger partial charge on any atom is -0.355 e. The molecule has 1 aliphatic carbocycles. The summed E-state index contributed by atoms with van der Waals surface area (Å²) in [4.78, 5) is 17.2. The van der Waals surface area contributed by atoms with Crippen molar-refractivity contribution < 1.29 is 0 Å². The van der Waals surface area contributed by atoms with Gasteiger partial charge in [-0.3, -0.25) is 9.97 Å². The minimum absolute atomic E-state index is 0.732. The lowest BCUT2D eigenvalue weighted by Gasteiger charge is -2.18. The summed E-state index contributed by atoms with van der Waals surface area (Å²) in [5.74, 6) is 0.732. The van der Waals surface area contributed by atoms with E-state index in [1.807, 2.05) is 56.4 Å². The number of allylic oxidation sites excluding steroid dienone is 4. The molecule has 0 atom stereocenters. The first-order chi connectivity index (χ1) is 20.4. The van der Waals surface area contributed by atoms with Gasteiger partial charge in [0.2, 0.25) is 0 Å². The van der Waals surface area contributed by atoms with Crippen LogP contribution in [0.3, 0.4) is 0 Å². The Bertz CT molecular complexity index is 1820. The molecule has 210 valence electrons. The summed E-state index contributed by atoms with van der Waals surface area (Å²) in [6, 6.07) is 20.9. The van der Waals surface area contributed by atoms with E-state index in [0.717, 1.165) is 69.4 Å². The third-order valence-corrected chi connectivity index (χ3v) is 7.53. The van der Waals surface area contributed by atoms with E-state index < -0.39 is 0 Å². The lowest BCUT2D eigenvalue weighted by molar-refractivity contribution is 0.742. The number of anilines is 3. The Morgan fingerprint density at radius 2 is 1.79 bits per heavy atom. The van der Waals surface area contributed by atoms with Gasteiger partial charge in [-0.2, -0.15) is 0 Å². The molecule has 5 aromatic rings. The maximum absolute atomic E-state index is 4.78. The normalized spacial score (nSPS) is 13.6. The molecule has 42 heavy (non-hydrogen) atoms. The fraction of sp³-hybridized carbons (Fsp3) is 0.194. The van der Waals surface area contributed by atoms with Crippen LogP contribution in [-0.2, 0) is 0 Å². The second-order valence-corrected chi connectivity index (χ2v) is 11.1. The SMILES string of the molecule is C=C(C)/C=C(/Nc1ccc(-c2nc3ccc(Nc4ccnc(C)c4)cc3[nH]2)nc1)c1cc(C2=CCCCC2)ccc1C. The van der Waals surface area contributed by atoms with Crippen molar-refractivity contribution in [1.82, 2.24) is 19.9 Å². The van der Waals surface area contributed by atoms with E-state index in [1.165, 1.54) is 35.1 Å². The number of aromatic nitrogens is 4. The molecule has 0 saturated heterocycles. The molecule has 6 heteroatoms. The first-order valence-corrected chi connectivity index (χ1v) is 14.5. The summed E-state index contributed by atoms with van der Waals surface area (Å²) in [5.41, 5.74) is 13.6. The second kappa shape index (κ2) is 11.9. The van der Waals surface area contributed by atoms with E-state index in [4.69, 9.17) is 9.97 Å². The molecule has 3 N–H and O–H groups in total. The highest BCUT2D eigenvalue weighted by Crippen LogP contribution is 2.31. The molecule has 0 unspecified atom stereocenters. The number of hydrogen-bond acceptors (Lipinski definition) is 5. The molecule has 2 aromatic carbocycles. The Hall–Kier alpha value is -4.97. The lowest BCUT2D eigenvalue weighted by Crippen LogP contribution is -2.03. The standard InChI is InChI=1S/C36H36N6/c1-23(2)18-34(31-20-27(11-10-24(31)3)26-8-6-5-7-9-26)40-30-13-15-33(38-22-30)36-41-32-14-12-28(21-35(32)42-36)39-29-16-17-37-25(4)19-29/h8,10-22,40H,1,5-7,9H2,2-4H3,(H,37,39)(H,41,42)/b34-18+. The van der Waals surface area contributed by atoms with Gasteiger partial charge in [-0.15, -0.1) is 0 Å². The van der Waals surface area contributed by atoms with Gasteiger partial charge < -0.3 is 15.6 Å². The number of fused-ring (bicyclic) bond motifs is 1. The molecule has 0 fully saturated rings. The number of imidazole rings is 1. The molecule has 6 rings (SSSR count). The van der Waals surface area contributed by atoms with E-state index in [-0.39, 0.29) is 0 Å². The van der Waals surface area contributed by atoms with Gasteiger partial charge in [0.15, 0.2) is 5.82 Å². The van der Waals surface area contributed by atoms with Crippen LogP contribution < -0.4 is 10.6 Å². The number of aryl methyl sites for hydroxylation is 2. The zero-order valence-corrected chi connectivity index (χ0v) is 24.5. The van der Waals surface area contributed by atoms with Crippen LogP contribution in [0.15, 0.2) is 97.4 Å². The van der Waals surface area contributed by atoms with Crippen LogP contribution in [0, 0.1) is 13.8 Å². The van der Waals surface area contributed by atoms with Crippen molar-refractivity contribution in [2.24, 2.45) is 0 Å². The summed E-state index contributed by atoms with van der Waals surface area (Å²) in [7, 11) is 0. The van der Waals surface area contributed by atoms with Crippen molar-refractivity contribution in [3.8, 4) is 11.5 Å². The van der Waals surface area contributed by atoms with Gasteiger partial charge >= 0.3 is 0 Å². The highest BCUT2D eigenvalue weighted by Gasteiger charge is 2.13. The van der Waals surface area contributed by atoms with E-state index in [2.05, 4.69) is 70.5 Å². The van der Waals surface area contributed by atoms with Crippen LogP contribution in [0.4, 0.5) is 17.1 Å². The summed E-state index contributed by atoms with van der Waals surface area (Å²) in [5, 5.41) is 7.05. The zero-order chi connectivity index (χ0) is 29.1. The summed E-state index contributed by atoms with van der Waals surface area (Å²) >= 11 is 0. The Labute approximate surface area is 247 Å². The molecular weight excluding hydrogens is 516 g/mol. The Morgan fingerprint density at radius 3 is 2.55 bits per heavy atom. The average Bonchev–Trinajstić information content (AvgIpc) is 3.41. The largest absolute Gasteiger partial charge is 0.355 e. The van der Waals surface area contributed by atoms with Crippen LogP contribution in [0.2, 0.25) is 0 Å². The highest BCUT2D eigenvalue weighted by atomic mass is 15.0. The third kappa shape index (κ3) is 6.18. The Morgan fingerprint density at radius 1 is 0.929 bits per heavy atom. The molecular formula is C36H36N6. The number of nitrogens with zero attached hydrogens (tertiary/aromatic N) is 3. The van der Waals surface area contributed by atoms with Crippen LogP contribution in [0.25, 0.3) is 33.8 Å². The van der Waals surface area contributed by atoms with Crippen LogP contribution in [0.1, 0.15) is 55.0 Å². The molecule has 0 radical (unpaired) electrons. The van der Waals surface area contributed by atoms with Crippen molar-refractivity contribution in [3.63, 3.8) is 0 Å². The molecule has 0 saturated carbocycles. The van der Waals surface area contributed by atoms with E-state index in [0.29, 0.717) is 0 Å². The zero-order valence-electron chi connectivity index (χ0n) is 24.5. The van der Waals surface area contributed by atoms with Crippen LogP contribution >= 0.6 is 0 Å². The highest BCUT2D eigenvalue weighted by molar-refractivity contribution is 5.84. The predicted octanol–water partition coefficient (Wildman–Crippen LogP) is 9.37. The fourth-order valence-corrected chi connectivity index (χ4v) is 5.40. The van der Waals surface area contributed by atoms with Gasteiger partial charge in [-0.05, 0) is 118 Å². The summed E-state index contributed by atoms with van der Waals surface area (Å²) in [6.45, 7) is 10.3. The minimum atomic E-state index is 0.732. The molecule has 0 aliphatic heterocycles. The number of benzene rings is 2. The summed E-state index contributed by atoms with van der Waals surface area (Å²) in [6.07, 6.45) is 13.0. The number of nitrogens with one attached hydrogen (secondary N) is 3.